The highest BCUT2D eigenvalue weighted by Crippen LogP contribution is 2.40. The van der Waals surface area contributed by atoms with Gasteiger partial charge in [-0.15, -0.1) is 0 Å². The number of allylic oxidation sites excluding steroid dienone is 2. The summed E-state index contributed by atoms with van der Waals surface area (Å²) in [5.41, 5.74) is 4.50. The summed E-state index contributed by atoms with van der Waals surface area (Å²) in [5, 5.41) is 0. The van der Waals surface area contributed by atoms with Gasteiger partial charge in [0.05, 0.1) is 0 Å². The molecule has 3 aromatic rings. The van der Waals surface area contributed by atoms with Gasteiger partial charge >= 0.3 is 0 Å². The van der Waals surface area contributed by atoms with Crippen LogP contribution in [0, 0.1) is 6.92 Å². The number of nitrogens with zero attached hydrogens (tertiary/aromatic N) is 1. The number of aryl methyl sites for hydroxylation is 1. The molecule has 1 aliphatic heterocycles. The molecule has 0 atom stereocenters. The molecule has 0 saturated carbocycles. The van der Waals surface area contributed by atoms with E-state index in [1.165, 1.54) is 0 Å². The molecule has 3 aromatic carbocycles. The van der Waals surface area contributed by atoms with Crippen molar-refractivity contribution in [1.82, 2.24) is 4.90 Å². The van der Waals surface area contributed by atoms with Crippen LogP contribution in [0.5, 0.6) is 0 Å². The number of benzene rings is 3. The zero-order valence-corrected chi connectivity index (χ0v) is 17.8. The van der Waals surface area contributed by atoms with Gasteiger partial charge in [-0.25, -0.2) is 0 Å². The molecule has 1 aliphatic rings. The first-order chi connectivity index (χ1) is 15.1. The number of carbonyl (C=O) groups excluding carboxylic acids is 2. The number of Topliss-reactive ketones (excluding diaryl/α,β-unsaturated/α-hetero) is 2. The van der Waals surface area contributed by atoms with Gasteiger partial charge in [0.25, 0.3) is 0 Å². The molecule has 0 saturated heterocycles. The van der Waals surface area contributed by atoms with E-state index in [1.54, 1.807) is 0 Å². The summed E-state index contributed by atoms with van der Waals surface area (Å²) in [7, 11) is 0. The minimum Gasteiger partial charge on any atom is -0.354 e. The van der Waals surface area contributed by atoms with E-state index in [1.807, 2.05) is 116 Å². The minimum absolute atomic E-state index is 0.0567. The van der Waals surface area contributed by atoms with Crippen molar-refractivity contribution in [1.29, 1.82) is 0 Å². The van der Waals surface area contributed by atoms with Gasteiger partial charge in [-0.2, -0.15) is 0 Å². The van der Waals surface area contributed by atoms with Gasteiger partial charge in [-0.1, -0.05) is 84.9 Å². The fourth-order valence-electron chi connectivity index (χ4n) is 4.03. The molecule has 154 valence electrons. The Morgan fingerprint density at radius 2 is 1.16 bits per heavy atom. The van der Waals surface area contributed by atoms with Crippen molar-refractivity contribution in [3.8, 4) is 0 Å². The Bertz CT molecular complexity index is 1090. The first kappa shape index (κ1) is 20.5. The lowest BCUT2D eigenvalue weighted by Crippen LogP contribution is -2.28. The summed E-state index contributed by atoms with van der Waals surface area (Å²) in [5.74, 6) is -0.540. The highest BCUT2D eigenvalue weighted by atomic mass is 16.1. The standard InChI is InChI=1S/C28H25NO2/c1-3-29-18-24(27(30)21-13-6-4-7-14-21)26(23-17-11-10-12-20(23)2)25(19-29)28(31)22-15-8-5-9-16-22/h4-19,26H,3H2,1-2H3. The van der Waals surface area contributed by atoms with Crippen molar-refractivity contribution >= 4 is 11.6 Å². The van der Waals surface area contributed by atoms with Crippen LogP contribution in [0.4, 0.5) is 0 Å². The van der Waals surface area contributed by atoms with Gasteiger partial charge in [-0.3, -0.25) is 9.59 Å². The summed E-state index contributed by atoms with van der Waals surface area (Å²) in [6.45, 7) is 4.70. The molecule has 1 heterocycles. The molecule has 0 spiro atoms. The number of ketones is 2. The quantitative estimate of drug-likeness (QED) is 0.474. The van der Waals surface area contributed by atoms with E-state index in [2.05, 4.69) is 0 Å². The van der Waals surface area contributed by atoms with E-state index in [-0.39, 0.29) is 11.6 Å². The van der Waals surface area contributed by atoms with Gasteiger partial charge in [-0.05, 0) is 25.0 Å². The van der Waals surface area contributed by atoms with E-state index in [0.29, 0.717) is 28.8 Å². The van der Waals surface area contributed by atoms with Gasteiger partial charge in [0.2, 0.25) is 0 Å². The van der Waals surface area contributed by atoms with Crippen molar-refractivity contribution in [2.24, 2.45) is 0 Å². The van der Waals surface area contributed by atoms with Gasteiger partial charge < -0.3 is 4.90 Å². The molecule has 0 aliphatic carbocycles. The van der Waals surface area contributed by atoms with Crippen molar-refractivity contribution in [2.75, 3.05) is 6.54 Å². The summed E-state index contributed by atoms with van der Waals surface area (Å²) in [6.07, 6.45) is 3.79. The lowest BCUT2D eigenvalue weighted by atomic mass is 9.76. The Hall–Kier alpha value is -3.72. The van der Waals surface area contributed by atoms with Crippen LogP contribution in [-0.4, -0.2) is 23.0 Å². The maximum Gasteiger partial charge on any atom is 0.191 e. The summed E-state index contributed by atoms with van der Waals surface area (Å²) in [4.78, 5) is 29.2. The molecule has 31 heavy (non-hydrogen) atoms. The summed E-state index contributed by atoms with van der Waals surface area (Å²) < 4.78 is 0. The Balaban J connectivity index is 1.89. The third kappa shape index (κ3) is 4.13. The summed E-state index contributed by atoms with van der Waals surface area (Å²) in [6, 6.07) is 26.5. The zero-order valence-electron chi connectivity index (χ0n) is 17.8. The monoisotopic (exact) mass is 407 g/mol. The minimum atomic E-state index is -0.426. The lowest BCUT2D eigenvalue weighted by Gasteiger charge is -2.31. The lowest BCUT2D eigenvalue weighted by molar-refractivity contribution is 0.101. The number of hydrogen-bond donors (Lipinski definition) is 0. The van der Waals surface area contributed by atoms with Crippen LogP contribution >= 0.6 is 0 Å². The average Bonchev–Trinajstić information content (AvgIpc) is 2.84. The Labute approximate surface area is 183 Å². The van der Waals surface area contributed by atoms with E-state index in [4.69, 9.17) is 0 Å². The maximum absolute atomic E-state index is 13.6. The van der Waals surface area contributed by atoms with Crippen molar-refractivity contribution in [3.05, 3.63) is 131 Å². The zero-order chi connectivity index (χ0) is 21.8. The molecule has 3 nitrogen and oxygen atoms in total. The molecule has 0 aromatic heterocycles. The highest BCUT2D eigenvalue weighted by molar-refractivity contribution is 6.15. The molecular formula is C28H25NO2. The van der Waals surface area contributed by atoms with Gasteiger partial charge in [0, 0.05) is 47.1 Å². The molecule has 0 unspecified atom stereocenters. The van der Waals surface area contributed by atoms with Crippen LogP contribution in [0.25, 0.3) is 0 Å². The molecule has 0 radical (unpaired) electrons. The molecular weight excluding hydrogens is 382 g/mol. The SMILES string of the molecule is CCN1C=C(C(=O)c2ccccc2)C(c2ccccc2C)C(C(=O)c2ccccc2)=C1. The second-order valence-electron chi connectivity index (χ2n) is 7.68. The van der Waals surface area contributed by atoms with Crippen LogP contribution < -0.4 is 0 Å². The smallest absolute Gasteiger partial charge is 0.191 e. The normalized spacial score (nSPS) is 14.1. The van der Waals surface area contributed by atoms with Crippen molar-refractivity contribution in [3.63, 3.8) is 0 Å². The first-order valence-electron chi connectivity index (χ1n) is 10.5. The predicted molar refractivity (Wildman–Crippen MR) is 124 cm³/mol. The topological polar surface area (TPSA) is 37.4 Å². The second-order valence-corrected chi connectivity index (χ2v) is 7.68. The van der Waals surface area contributed by atoms with E-state index < -0.39 is 5.92 Å². The van der Waals surface area contributed by atoms with E-state index in [0.717, 1.165) is 11.1 Å². The van der Waals surface area contributed by atoms with Crippen LogP contribution in [0.15, 0.2) is 108 Å². The van der Waals surface area contributed by atoms with Crippen LogP contribution in [0.1, 0.15) is 44.7 Å². The number of hydrogen-bond acceptors (Lipinski definition) is 3. The first-order valence-corrected chi connectivity index (χ1v) is 10.5. The fraction of sp³-hybridized carbons (Fsp3) is 0.143. The Morgan fingerprint density at radius 3 is 1.61 bits per heavy atom. The Kier molecular flexibility index (Phi) is 5.94. The average molecular weight is 408 g/mol. The van der Waals surface area contributed by atoms with Gasteiger partial charge in [0.1, 0.15) is 0 Å². The molecule has 0 N–H and O–H groups in total. The predicted octanol–water partition coefficient (Wildman–Crippen LogP) is 5.95. The van der Waals surface area contributed by atoms with Crippen LogP contribution in [-0.2, 0) is 0 Å². The molecule has 0 fully saturated rings. The largest absolute Gasteiger partial charge is 0.354 e. The second kappa shape index (κ2) is 8.97. The third-order valence-electron chi connectivity index (χ3n) is 5.69. The molecule has 4 rings (SSSR count). The highest BCUT2D eigenvalue weighted by Gasteiger charge is 2.35. The number of carbonyl (C=O) groups is 2. The molecule has 3 heteroatoms. The number of rotatable bonds is 6. The molecule has 0 amide bonds. The van der Waals surface area contributed by atoms with E-state index >= 15 is 0 Å². The van der Waals surface area contributed by atoms with Crippen LogP contribution in [0.2, 0.25) is 0 Å². The van der Waals surface area contributed by atoms with E-state index in [9.17, 15) is 9.59 Å². The fourth-order valence-corrected chi connectivity index (χ4v) is 4.03. The Morgan fingerprint density at radius 1 is 0.710 bits per heavy atom. The van der Waals surface area contributed by atoms with Crippen molar-refractivity contribution in [2.45, 2.75) is 19.8 Å². The van der Waals surface area contributed by atoms with Crippen molar-refractivity contribution < 1.29 is 9.59 Å². The third-order valence-corrected chi connectivity index (χ3v) is 5.69. The summed E-state index contributed by atoms with van der Waals surface area (Å²) >= 11 is 0. The van der Waals surface area contributed by atoms with Gasteiger partial charge in [0.15, 0.2) is 11.6 Å². The van der Waals surface area contributed by atoms with Crippen LogP contribution in [0.3, 0.4) is 0 Å². The molecule has 0 bridgehead atoms. The maximum atomic E-state index is 13.6.